The molecule has 0 fully saturated rings. The van der Waals surface area contributed by atoms with Gasteiger partial charge in [-0.1, -0.05) is 13.3 Å². The van der Waals surface area contributed by atoms with Gasteiger partial charge in [0.25, 0.3) is 5.91 Å². The second-order valence-corrected chi connectivity index (χ2v) is 4.18. The number of carbonyl (C=O) groups excluding carboxylic acids is 2. The first kappa shape index (κ1) is 15.3. The second-order valence-electron chi connectivity index (χ2n) is 4.18. The molecule has 1 aromatic rings. The zero-order valence-corrected chi connectivity index (χ0v) is 11.6. The summed E-state index contributed by atoms with van der Waals surface area (Å²) in [6.07, 6.45) is 3.57. The summed E-state index contributed by atoms with van der Waals surface area (Å²) in [4.78, 5) is 25.1. The topological polar surface area (TPSA) is 59.8 Å². The Balaban J connectivity index is 2.56. The van der Waals surface area contributed by atoms with Crippen LogP contribution in [0.5, 0.6) is 0 Å². The van der Waals surface area contributed by atoms with Crippen LogP contribution in [-0.2, 0) is 9.53 Å². The van der Waals surface area contributed by atoms with E-state index < -0.39 is 0 Å². The molecule has 0 bridgehead atoms. The summed E-state index contributed by atoms with van der Waals surface area (Å²) < 4.78 is 9.97. The van der Waals surface area contributed by atoms with E-state index in [1.54, 1.807) is 24.0 Å². The number of esters is 1. The Bertz CT molecular complexity index is 386. The van der Waals surface area contributed by atoms with Crippen LogP contribution in [0, 0.1) is 0 Å². The maximum Gasteiger partial charge on any atom is 0.307 e. The molecule has 1 heterocycles. The summed E-state index contributed by atoms with van der Waals surface area (Å²) in [6.45, 7) is 5.16. The average molecular weight is 267 g/mol. The summed E-state index contributed by atoms with van der Waals surface area (Å²) >= 11 is 0. The Labute approximate surface area is 113 Å². The Morgan fingerprint density at radius 3 is 2.68 bits per heavy atom. The third kappa shape index (κ3) is 5.16. The van der Waals surface area contributed by atoms with Crippen molar-refractivity contribution in [3.05, 3.63) is 24.2 Å². The molecule has 0 atom stereocenters. The highest BCUT2D eigenvalue weighted by atomic mass is 16.5. The lowest BCUT2D eigenvalue weighted by Crippen LogP contribution is -2.34. The molecule has 0 aliphatic carbocycles. The fourth-order valence-corrected chi connectivity index (χ4v) is 1.68. The highest BCUT2D eigenvalue weighted by Gasteiger charge is 2.18. The molecule has 5 nitrogen and oxygen atoms in total. The van der Waals surface area contributed by atoms with E-state index in [1.165, 1.54) is 6.26 Å². The molecule has 1 aromatic heterocycles. The monoisotopic (exact) mass is 267 g/mol. The highest BCUT2D eigenvalue weighted by molar-refractivity contribution is 5.91. The first-order chi connectivity index (χ1) is 9.19. The van der Waals surface area contributed by atoms with Gasteiger partial charge in [-0.3, -0.25) is 9.59 Å². The minimum absolute atomic E-state index is 0.178. The van der Waals surface area contributed by atoms with Crippen LogP contribution in [0.3, 0.4) is 0 Å². The first-order valence-electron chi connectivity index (χ1n) is 6.67. The molecule has 0 unspecified atom stereocenters. The van der Waals surface area contributed by atoms with Crippen molar-refractivity contribution in [1.29, 1.82) is 0 Å². The molecule has 0 aromatic carbocycles. The first-order valence-corrected chi connectivity index (χ1v) is 6.67. The molecule has 106 valence electrons. The number of hydrogen-bond acceptors (Lipinski definition) is 4. The van der Waals surface area contributed by atoms with Crippen LogP contribution in [0.15, 0.2) is 22.8 Å². The number of furan rings is 1. The summed E-state index contributed by atoms with van der Waals surface area (Å²) in [5.74, 6) is -0.154. The SMILES string of the molecule is CCCCN(CCC(=O)OCC)C(=O)c1ccco1. The highest BCUT2D eigenvalue weighted by Crippen LogP contribution is 2.08. The minimum atomic E-state index is -0.281. The van der Waals surface area contributed by atoms with Crippen LogP contribution in [0.2, 0.25) is 0 Å². The molecule has 0 spiro atoms. The summed E-state index contributed by atoms with van der Waals surface area (Å²) in [5, 5.41) is 0. The van der Waals surface area contributed by atoms with E-state index in [1.807, 2.05) is 0 Å². The smallest absolute Gasteiger partial charge is 0.307 e. The standard InChI is InChI=1S/C14H21NO4/c1-3-5-9-15(10-8-13(16)18-4-2)14(17)12-7-6-11-19-12/h6-7,11H,3-5,8-10H2,1-2H3. The van der Waals surface area contributed by atoms with Crippen molar-refractivity contribution >= 4 is 11.9 Å². The van der Waals surface area contributed by atoms with Crippen LogP contribution < -0.4 is 0 Å². The van der Waals surface area contributed by atoms with Gasteiger partial charge in [-0.05, 0) is 25.5 Å². The molecule has 0 N–H and O–H groups in total. The van der Waals surface area contributed by atoms with E-state index in [0.29, 0.717) is 25.5 Å². The zero-order valence-electron chi connectivity index (χ0n) is 11.6. The molecular formula is C14H21NO4. The van der Waals surface area contributed by atoms with E-state index in [0.717, 1.165) is 12.8 Å². The lowest BCUT2D eigenvalue weighted by Gasteiger charge is -2.20. The molecular weight excluding hydrogens is 246 g/mol. The number of unbranched alkanes of at least 4 members (excludes halogenated alkanes) is 1. The van der Waals surface area contributed by atoms with Gasteiger partial charge in [0.05, 0.1) is 19.3 Å². The fraction of sp³-hybridized carbons (Fsp3) is 0.571. The summed E-state index contributed by atoms with van der Waals surface area (Å²) in [6, 6.07) is 3.31. The Morgan fingerprint density at radius 2 is 2.11 bits per heavy atom. The summed E-state index contributed by atoms with van der Waals surface area (Å²) in [5.41, 5.74) is 0. The van der Waals surface area contributed by atoms with E-state index in [2.05, 4.69) is 6.92 Å². The molecule has 0 saturated heterocycles. The maximum atomic E-state index is 12.2. The second kappa shape index (κ2) is 8.34. The van der Waals surface area contributed by atoms with Gasteiger partial charge in [0, 0.05) is 13.1 Å². The molecule has 5 heteroatoms. The number of ether oxygens (including phenoxy) is 1. The number of rotatable bonds is 8. The van der Waals surface area contributed by atoms with Crippen molar-refractivity contribution in [2.75, 3.05) is 19.7 Å². The van der Waals surface area contributed by atoms with Gasteiger partial charge in [-0.2, -0.15) is 0 Å². The van der Waals surface area contributed by atoms with Crippen LogP contribution in [0.25, 0.3) is 0 Å². The number of amides is 1. The van der Waals surface area contributed by atoms with Crippen LogP contribution in [0.1, 0.15) is 43.7 Å². The van der Waals surface area contributed by atoms with Crippen molar-refractivity contribution in [2.24, 2.45) is 0 Å². The third-order valence-electron chi connectivity index (χ3n) is 2.69. The zero-order chi connectivity index (χ0) is 14.1. The largest absolute Gasteiger partial charge is 0.466 e. The van der Waals surface area contributed by atoms with Crippen molar-refractivity contribution in [3.63, 3.8) is 0 Å². The van der Waals surface area contributed by atoms with Gasteiger partial charge in [0.15, 0.2) is 5.76 Å². The Hall–Kier alpha value is -1.78. The van der Waals surface area contributed by atoms with E-state index in [-0.39, 0.29) is 18.3 Å². The van der Waals surface area contributed by atoms with Gasteiger partial charge in [0.1, 0.15) is 0 Å². The molecule has 0 aliphatic heterocycles. The molecule has 19 heavy (non-hydrogen) atoms. The molecule has 0 saturated carbocycles. The van der Waals surface area contributed by atoms with Gasteiger partial charge in [-0.15, -0.1) is 0 Å². The van der Waals surface area contributed by atoms with Crippen molar-refractivity contribution in [3.8, 4) is 0 Å². The third-order valence-corrected chi connectivity index (χ3v) is 2.69. The molecule has 0 radical (unpaired) electrons. The van der Waals surface area contributed by atoms with Crippen LogP contribution in [-0.4, -0.2) is 36.5 Å². The van der Waals surface area contributed by atoms with Crippen LogP contribution in [0.4, 0.5) is 0 Å². The number of hydrogen-bond donors (Lipinski definition) is 0. The maximum absolute atomic E-state index is 12.2. The van der Waals surface area contributed by atoms with Crippen LogP contribution >= 0.6 is 0 Å². The average Bonchev–Trinajstić information content (AvgIpc) is 2.92. The van der Waals surface area contributed by atoms with Crippen molar-refractivity contribution < 1.29 is 18.7 Å². The predicted octanol–water partition coefficient (Wildman–Crippen LogP) is 2.48. The van der Waals surface area contributed by atoms with Gasteiger partial charge >= 0.3 is 5.97 Å². The number of carbonyl (C=O) groups is 2. The van der Waals surface area contributed by atoms with Gasteiger partial charge in [0.2, 0.25) is 0 Å². The van der Waals surface area contributed by atoms with Crippen molar-refractivity contribution in [1.82, 2.24) is 4.90 Å². The molecule has 0 aliphatic rings. The lowest BCUT2D eigenvalue weighted by molar-refractivity contribution is -0.143. The Kier molecular flexibility index (Phi) is 6.71. The quantitative estimate of drug-likeness (QED) is 0.679. The summed E-state index contributed by atoms with van der Waals surface area (Å²) in [7, 11) is 0. The molecule has 1 rings (SSSR count). The molecule has 1 amide bonds. The van der Waals surface area contributed by atoms with Gasteiger partial charge < -0.3 is 14.1 Å². The minimum Gasteiger partial charge on any atom is -0.466 e. The normalized spacial score (nSPS) is 10.2. The lowest BCUT2D eigenvalue weighted by atomic mass is 10.2. The predicted molar refractivity (Wildman–Crippen MR) is 70.8 cm³/mol. The van der Waals surface area contributed by atoms with E-state index in [9.17, 15) is 9.59 Å². The van der Waals surface area contributed by atoms with Crippen molar-refractivity contribution in [2.45, 2.75) is 33.1 Å². The van der Waals surface area contributed by atoms with Gasteiger partial charge in [-0.25, -0.2) is 0 Å². The number of nitrogens with zero attached hydrogens (tertiary/aromatic N) is 1. The van der Waals surface area contributed by atoms with E-state index >= 15 is 0 Å². The van der Waals surface area contributed by atoms with E-state index in [4.69, 9.17) is 9.15 Å². The Morgan fingerprint density at radius 1 is 1.32 bits per heavy atom. The fourth-order valence-electron chi connectivity index (χ4n) is 1.68.